The van der Waals surface area contributed by atoms with Crippen molar-refractivity contribution in [2.45, 2.75) is 18.9 Å². The van der Waals surface area contributed by atoms with Gasteiger partial charge < -0.3 is 16.6 Å². The zero-order valence-corrected chi connectivity index (χ0v) is 8.14. The first kappa shape index (κ1) is 13.2. The van der Waals surface area contributed by atoms with Gasteiger partial charge in [0.05, 0.1) is 0 Å². The van der Waals surface area contributed by atoms with Crippen molar-refractivity contribution >= 4 is 18.3 Å². The molecule has 0 aromatic carbocycles. The predicted molar refractivity (Wildman–Crippen MR) is 53.7 cm³/mol. The van der Waals surface area contributed by atoms with Gasteiger partial charge in [0.25, 0.3) is 0 Å². The lowest BCUT2D eigenvalue weighted by Crippen LogP contribution is -2.44. The number of carboxylic acids is 1. The topological polar surface area (TPSA) is 143 Å². The third-order valence-electron chi connectivity index (χ3n) is 1.56. The van der Waals surface area contributed by atoms with Crippen LogP contribution in [0.5, 0.6) is 0 Å². The predicted octanol–water partition coefficient (Wildman–Crippen LogP) is -2.26. The van der Waals surface area contributed by atoms with Crippen LogP contribution in [-0.4, -0.2) is 36.0 Å². The van der Waals surface area contributed by atoms with Crippen molar-refractivity contribution in [3.05, 3.63) is 0 Å². The Morgan fingerprint density at radius 2 is 2.20 bits per heavy atom. The number of nitrogens with zero attached hydrogens (tertiary/aromatic N) is 1. The van der Waals surface area contributed by atoms with Crippen molar-refractivity contribution in [1.82, 2.24) is 10.9 Å². The highest BCUT2D eigenvalue weighted by molar-refractivity contribution is 5.75. The van der Waals surface area contributed by atoms with Gasteiger partial charge in [0, 0.05) is 6.54 Å². The molecule has 0 heterocycles. The second-order valence-corrected chi connectivity index (χ2v) is 2.75. The van der Waals surface area contributed by atoms with Crippen molar-refractivity contribution < 1.29 is 14.7 Å². The molecule has 0 aliphatic heterocycles. The smallest absolute Gasteiger partial charge is 0.322 e. The van der Waals surface area contributed by atoms with Gasteiger partial charge in [-0.3, -0.25) is 20.0 Å². The lowest BCUT2D eigenvalue weighted by Gasteiger charge is -2.11. The molecule has 15 heavy (non-hydrogen) atoms. The molecule has 0 aromatic heterocycles. The number of carbonyl (C=O) groups is 2. The summed E-state index contributed by atoms with van der Waals surface area (Å²) in [5.74, 6) is -1.07. The average molecular weight is 217 g/mol. The SMILES string of the molecule is NC(N)=NCCC[C@H](NNC=O)C(=O)O. The number of nitrogens with one attached hydrogen (secondary N) is 2. The summed E-state index contributed by atoms with van der Waals surface area (Å²) >= 11 is 0. The van der Waals surface area contributed by atoms with E-state index in [2.05, 4.69) is 15.8 Å². The van der Waals surface area contributed by atoms with Gasteiger partial charge in [0.15, 0.2) is 5.96 Å². The Morgan fingerprint density at radius 3 is 2.67 bits per heavy atom. The van der Waals surface area contributed by atoms with Crippen LogP contribution >= 0.6 is 0 Å². The molecule has 8 heteroatoms. The van der Waals surface area contributed by atoms with Gasteiger partial charge in [0.2, 0.25) is 6.41 Å². The van der Waals surface area contributed by atoms with Gasteiger partial charge in [-0.15, -0.1) is 0 Å². The molecule has 7 N–H and O–H groups in total. The van der Waals surface area contributed by atoms with Crippen molar-refractivity contribution in [3.8, 4) is 0 Å². The van der Waals surface area contributed by atoms with E-state index in [1.165, 1.54) is 0 Å². The number of rotatable bonds is 8. The molecule has 1 atom stereocenters. The highest BCUT2D eigenvalue weighted by Gasteiger charge is 2.15. The number of hydrogen-bond donors (Lipinski definition) is 5. The van der Waals surface area contributed by atoms with Crippen LogP contribution in [0.3, 0.4) is 0 Å². The first-order chi connectivity index (χ1) is 7.07. The molecule has 0 fully saturated rings. The van der Waals surface area contributed by atoms with E-state index in [0.29, 0.717) is 25.8 Å². The minimum absolute atomic E-state index is 0.0270. The van der Waals surface area contributed by atoms with Gasteiger partial charge in [-0.1, -0.05) is 0 Å². The van der Waals surface area contributed by atoms with Gasteiger partial charge in [0.1, 0.15) is 6.04 Å². The minimum atomic E-state index is -1.05. The largest absolute Gasteiger partial charge is 0.480 e. The van der Waals surface area contributed by atoms with E-state index >= 15 is 0 Å². The Bertz CT molecular complexity index is 239. The van der Waals surface area contributed by atoms with Crippen molar-refractivity contribution in [2.75, 3.05) is 6.54 Å². The molecule has 0 aliphatic rings. The molecule has 1 amide bonds. The standard InChI is InChI=1S/C7H15N5O3/c8-7(9)10-3-1-2-5(6(14)15)12-11-4-13/h4-5,12H,1-3H2,(H,11,13)(H,14,15)(H4,8,9,10)/t5-/m0/s1. The third kappa shape index (κ3) is 7.26. The summed E-state index contributed by atoms with van der Waals surface area (Å²) in [5.41, 5.74) is 14.6. The lowest BCUT2D eigenvalue weighted by atomic mass is 10.2. The molecule has 0 aromatic rings. The quantitative estimate of drug-likeness (QED) is 0.102. The maximum absolute atomic E-state index is 10.6. The second kappa shape index (κ2) is 7.56. The van der Waals surface area contributed by atoms with Gasteiger partial charge in [-0.2, -0.15) is 0 Å². The molecular formula is C7H15N5O3. The van der Waals surface area contributed by atoms with E-state index in [9.17, 15) is 9.59 Å². The Labute approximate surface area is 86.7 Å². The Balaban J connectivity index is 3.80. The molecular weight excluding hydrogens is 202 g/mol. The highest BCUT2D eigenvalue weighted by atomic mass is 16.4. The second-order valence-electron chi connectivity index (χ2n) is 2.75. The van der Waals surface area contributed by atoms with Crippen LogP contribution in [0.25, 0.3) is 0 Å². The molecule has 86 valence electrons. The number of amides is 1. The first-order valence-corrected chi connectivity index (χ1v) is 4.30. The number of nitrogens with two attached hydrogens (primary N) is 2. The van der Waals surface area contributed by atoms with E-state index < -0.39 is 12.0 Å². The van der Waals surface area contributed by atoms with Crippen LogP contribution < -0.4 is 22.3 Å². The van der Waals surface area contributed by atoms with Gasteiger partial charge >= 0.3 is 5.97 Å². The van der Waals surface area contributed by atoms with Crippen LogP contribution in [0.2, 0.25) is 0 Å². The number of carbonyl (C=O) groups excluding carboxylic acids is 1. The minimum Gasteiger partial charge on any atom is -0.480 e. The van der Waals surface area contributed by atoms with Gasteiger partial charge in [-0.25, -0.2) is 5.43 Å². The van der Waals surface area contributed by atoms with E-state index in [1.807, 2.05) is 0 Å². The summed E-state index contributed by atoms with van der Waals surface area (Å²) in [6.07, 6.45) is 1.18. The first-order valence-electron chi connectivity index (χ1n) is 4.30. The Hall–Kier alpha value is -1.83. The summed E-state index contributed by atoms with van der Waals surface area (Å²) in [5, 5.41) is 8.70. The summed E-state index contributed by atoms with van der Waals surface area (Å²) < 4.78 is 0. The van der Waals surface area contributed by atoms with E-state index in [4.69, 9.17) is 16.6 Å². The van der Waals surface area contributed by atoms with E-state index in [0.717, 1.165) is 0 Å². The van der Waals surface area contributed by atoms with Crippen molar-refractivity contribution in [3.63, 3.8) is 0 Å². The lowest BCUT2D eigenvalue weighted by molar-refractivity contribution is -0.140. The highest BCUT2D eigenvalue weighted by Crippen LogP contribution is 1.97. The summed E-state index contributed by atoms with van der Waals surface area (Å²) in [6, 6.07) is -0.843. The third-order valence-corrected chi connectivity index (χ3v) is 1.56. The van der Waals surface area contributed by atoms with Crippen LogP contribution in [0.1, 0.15) is 12.8 Å². The molecule has 0 spiro atoms. The number of guanidine groups is 1. The molecule has 0 bridgehead atoms. The van der Waals surface area contributed by atoms with Gasteiger partial charge in [-0.05, 0) is 12.8 Å². The molecule has 0 saturated heterocycles. The molecule has 8 nitrogen and oxygen atoms in total. The van der Waals surface area contributed by atoms with Crippen molar-refractivity contribution in [1.29, 1.82) is 0 Å². The van der Waals surface area contributed by atoms with Crippen LogP contribution in [-0.2, 0) is 9.59 Å². The molecule has 0 saturated carbocycles. The fraction of sp³-hybridized carbons (Fsp3) is 0.571. The number of aliphatic carboxylic acids is 1. The summed E-state index contributed by atoms with van der Waals surface area (Å²) in [6.45, 7) is 0.356. The molecule has 0 aliphatic carbocycles. The number of aliphatic imine (C=N–C) groups is 1. The maximum Gasteiger partial charge on any atom is 0.322 e. The molecule has 0 rings (SSSR count). The van der Waals surface area contributed by atoms with Crippen LogP contribution in [0.15, 0.2) is 4.99 Å². The van der Waals surface area contributed by atoms with Crippen LogP contribution in [0, 0.1) is 0 Å². The maximum atomic E-state index is 10.6. The normalized spacial score (nSPS) is 11.5. The zero-order valence-electron chi connectivity index (χ0n) is 8.14. The van der Waals surface area contributed by atoms with E-state index in [-0.39, 0.29) is 5.96 Å². The van der Waals surface area contributed by atoms with Crippen LogP contribution in [0.4, 0.5) is 0 Å². The molecule has 0 unspecified atom stereocenters. The number of carboxylic acid groups (broad SMARTS) is 1. The monoisotopic (exact) mass is 217 g/mol. The Morgan fingerprint density at radius 1 is 1.53 bits per heavy atom. The zero-order chi connectivity index (χ0) is 11.7. The fourth-order valence-corrected chi connectivity index (χ4v) is 0.896. The fourth-order valence-electron chi connectivity index (χ4n) is 0.896. The van der Waals surface area contributed by atoms with E-state index in [1.54, 1.807) is 0 Å². The Kier molecular flexibility index (Phi) is 6.64. The molecule has 0 radical (unpaired) electrons. The number of hydrogen-bond acceptors (Lipinski definition) is 4. The summed E-state index contributed by atoms with van der Waals surface area (Å²) in [7, 11) is 0. The summed E-state index contributed by atoms with van der Waals surface area (Å²) in [4.78, 5) is 24.3. The average Bonchev–Trinajstić information content (AvgIpc) is 2.15. The van der Waals surface area contributed by atoms with Crippen molar-refractivity contribution in [2.24, 2.45) is 16.5 Å². The number of hydrazine groups is 1.